The molecule has 0 unspecified atom stereocenters. The van der Waals surface area contributed by atoms with Gasteiger partial charge < -0.3 is 15.8 Å². The molecule has 0 aliphatic carbocycles. The van der Waals surface area contributed by atoms with Gasteiger partial charge in [-0.15, -0.1) is 0 Å². The van der Waals surface area contributed by atoms with Crippen LogP contribution in [0.4, 0.5) is 11.4 Å². The molecule has 2 rings (SSSR count). The van der Waals surface area contributed by atoms with Crippen LogP contribution in [0.3, 0.4) is 0 Å². The van der Waals surface area contributed by atoms with Gasteiger partial charge in [0.05, 0.1) is 13.0 Å². The van der Waals surface area contributed by atoms with Crippen molar-refractivity contribution in [3.8, 4) is 0 Å². The SMILES string of the molecule is CCOC(=O)Cc1ccc(NCc2cccc(C)c2)cc1N. The summed E-state index contributed by atoms with van der Waals surface area (Å²) in [6, 6.07) is 14.0. The summed E-state index contributed by atoms with van der Waals surface area (Å²) in [7, 11) is 0. The lowest BCUT2D eigenvalue weighted by molar-refractivity contribution is -0.142. The molecule has 0 bridgehead atoms. The molecule has 116 valence electrons. The van der Waals surface area contributed by atoms with Crippen molar-refractivity contribution in [2.24, 2.45) is 0 Å². The van der Waals surface area contributed by atoms with E-state index in [4.69, 9.17) is 10.5 Å². The minimum absolute atomic E-state index is 0.206. The first-order chi connectivity index (χ1) is 10.6. The zero-order valence-corrected chi connectivity index (χ0v) is 13.1. The molecule has 0 fully saturated rings. The molecule has 0 amide bonds. The number of hydrogen-bond acceptors (Lipinski definition) is 4. The second-order valence-corrected chi connectivity index (χ2v) is 5.24. The van der Waals surface area contributed by atoms with Gasteiger partial charge in [-0.3, -0.25) is 4.79 Å². The van der Waals surface area contributed by atoms with Gasteiger partial charge in [0, 0.05) is 17.9 Å². The van der Waals surface area contributed by atoms with E-state index in [-0.39, 0.29) is 12.4 Å². The van der Waals surface area contributed by atoms with E-state index in [0.717, 1.165) is 17.8 Å². The number of ether oxygens (including phenoxy) is 1. The van der Waals surface area contributed by atoms with E-state index in [1.807, 2.05) is 24.3 Å². The first kappa shape index (κ1) is 15.9. The van der Waals surface area contributed by atoms with E-state index >= 15 is 0 Å². The van der Waals surface area contributed by atoms with Crippen LogP contribution in [0.15, 0.2) is 42.5 Å². The van der Waals surface area contributed by atoms with E-state index in [1.165, 1.54) is 11.1 Å². The summed E-state index contributed by atoms with van der Waals surface area (Å²) in [5, 5.41) is 3.34. The number of nitrogens with one attached hydrogen (secondary N) is 1. The third kappa shape index (κ3) is 4.52. The summed E-state index contributed by atoms with van der Waals surface area (Å²) in [5.41, 5.74) is 10.8. The van der Waals surface area contributed by atoms with E-state index < -0.39 is 0 Å². The second-order valence-electron chi connectivity index (χ2n) is 5.24. The van der Waals surface area contributed by atoms with Crippen LogP contribution in [0, 0.1) is 6.92 Å². The Labute approximate surface area is 131 Å². The van der Waals surface area contributed by atoms with Gasteiger partial charge in [-0.2, -0.15) is 0 Å². The number of carbonyl (C=O) groups is 1. The minimum atomic E-state index is -0.255. The summed E-state index contributed by atoms with van der Waals surface area (Å²) in [5.74, 6) is -0.255. The molecule has 3 N–H and O–H groups in total. The maximum atomic E-state index is 11.5. The zero-order chi connectivity index (χ0) is 15.9. The number of aryl methyl sites for hydroxylation is 1. The van der Waals surface area contributed by atoms with Crippen LogP contribution in [0.1, 0.15) is 23.6 Å². The molecule has 0 aromatic heterocycles. The molecule has 0 saturated carbocycles. The number of hydrogen-bond donors (Lipinski definition) is 2. The fraction of sp³-hybridized carbons (Fsp3) is 0.278. The number of carbonyl (C=O) groups excluding carboxylic acids is 1. The highest BCUT2D eigenvalue weighted by Gasteiger charge is 2.07. The normalized spacial score (nSPS) is 10.3. The third-order valence-corrected chi connectivity index (χ3v) is 3.37. The molecule has 2 aromatic rings. The van der Waals surface area contributed by atoms with Crippen molar-refractivity contribution in [1.29, 1.82) is 0 Å². The smallest absolute Gasteiger partial charge is 0.310 e. The molecule has 0 spiro atoms. The highest BCUT2D eigenvalue weighted by Crippen LogP contribution is 2.19. The molecule has 0 heterocycles. The van der Waals surface area contributed by atoms with Crippen LogP contribution in [0.25, 0.3) is 0 Å². The Kier molecular flexibility index (Phi) is 5.42. The standard InChI is InChI=1S/C18H22N2O2/c1-3-22-18(21)10-15-7-8-16(11-17(15)19)20-12-14-6-4-5-13(2)9-14/h4-9,11,20H,3,10,12,19H2,1-2H3. The van der Waals surface area contributed by atoms with E-state index in [1.54, 1.807) is 6.92 Å². The van der Waals surface area contributed by atoms with Crippen LogP contribution in [0.5, 0.6) is 0 Å². The summed E-state index contributed by atoms with van der Waals surface area (Å²) < 4.78 is 4.94. The number of nitrogen functional groups attached to an aromatic ring is 1. The fourth-order valence-corrected chi connectivity index (χ4v) is 2.26. The molecule has 0 aliphatic rings. The van der Waals surface area contributed by atoms with E-state index in [0.29, 0.717) is 12.3 Å². The molecular formula is C18H22N2O2. The Morgan fingerprint density at radius 3 is 2.73 bits per heavy atom. The highest BCUT2D eigenvalue weighted by atomic mass is 16.5. The predicted molar refractivity (Wildman–Crippen MR) is 89.7 cm³/mol. The quantitative estimate of drug-likeness (QED) is 0.634. The van der Waals surface area contributed by atoms with Gasteiger partial charge in [-0.1, -0.05) is 35.9 Å². The van der Waals surface area contributed by atoms with Crippen molar-refractivity contribution >= 4 is 17.3 Å². The third-order valence-electron chi connectivity index (χ3n) is 3.37. The van der Waals surface area contributed by atoms with Crippen molar-refractivity contribution in [2.75, 3.05) is 17.7 Å². The van der Waals surface area contributed by atoms with Crippen LogP contribution in [-0.2, 0) is 22.5 Å². The Morgan fingerprint density at radius 2 is 2.05 bits per heavy atom. The van der Waals surface area contributed by atoms with Crippen LogP contribution in [0.2, 0.25) is 0 Å². The number of nitrogens with two attached hydrogens (primary N) is 1. The van der Waals surface area contributed by atoms with Gasteiger partial charge in [0.15, 0.2) is 0 Å². The Bertz CT molecular complexity index is 653. The maximum Gasteiger partial charge on any atom is 0.310 e. The lowest BCUT2D eigenvalue weighted by Crippen LogP contribution is -2.09. The number of anilines is 2. The Hall–Kier alpha value is -2.49. The fourth-order valence-electron chi connectivity index (χ4n) is 2.26. The molecular weight excluding hydrogens is 276 g/mol. The average molecular weight is 298 g/mol. The Balaban J connectivity index is 1.98. The summed E-state index contributed by atoms with van der Waals surface area (Å²) in [4.78, 5) is 11.5. The van der Waals surface area contributed by atoms with Gasteiger partial charge in [-0.05, 0) is 37.1 Å². The molecule has 4 nitrogen and oxygen atoms in total. The van der Waals surface area contributed by atoms with Crippen molar-refractivity contribution in [2.45, 2.75) is 26.8 Å². The van der Waals surface area contributed by atoms with Crippen LogP contribution >= 0.6 is 0 Å². The van der Waals surface area contributed by atoms with Crippen molar-refractivity contribution in [1.82, 2.24) is 0 Å². The lowest BCUT2D eigenvalue weighted by atomic mass is 10.1. The molecule has 0 aliphatic heterocycles. The van der Waals surface area contributed by atoms with Gasteiger partial charge in [0.2, 0.25) is 0 Å². The monoisotopic (exact) mass is 298 g/mol. The highest BCUT2D eigenvalue weighted by molar-refractivity contribution is 5.75. The van der Waals surface area contributed by atoms with Gasteiger partial charge in [0.1, 0.15) is 0 Å². The van der Waals surface area contributed by atoms with Gasteiger partial charge in [-0.25, -0.2) is 0 Å². The van der Waals surface area contributed by atoms with Crippen molar-refractivity contribution in [3.63, 3.8) is 0 Å². The number of esters is 1. The average Bonchev–Trinajstić information content (AvgIpc) is 2.48. The van der Waals surface area contributed by atoms with Crippen LogP contribution < -0.4 is 11.1 Å². The number of benzene rings is 2. The van der Waals surface area contributed by atoms with Crippen molar-refractivity contribution < 1.29 is 9.53 Å². The van der Waals surface area contributed by atoms with E-state index in [9.17, 15) is 4.79 Å². The molecule has 22 heavy (non-hydrogen) atoms. The second kappa shape index (κ2) is 7.50. The number of rotatable bonds is 6. The predicted octanol–water partition coefficient (Wildman–Crippen LogP) is 3.29. The molecule has 4 heteroatoms. The maximum absolute atomic E-state index is 11.5. The minimum Gasteiger partial charge on any atom is -0.466 e. The summed E-state index contributed by atoms with van der Waals surface area (Å²) >= 11 is 0. The van der Waals surface area contributed by atoms with Gasteiger partial charge >= 0.3 is 5.97 Å². The Morgan fingerprint density at radius 1 is 1.23 bits per heavy atom. The zero-order valence-electron chi connectivity index (χ0n) is 13.1. The van der Waals surface area contributed by atoms with Crippen molar-refractivity contribution in [3.05, 3.63) is 59.2 Å². The van der Waals surface area contributed by atoms with E-state index in [2.05, 4.69) is 30.4 Å². The summed E-state index contributed by atoms with van der Waals surface area (Å²) in [6.07, 6.45) is 0.206. The molecule has 0 saturated heterocycles. The van der Waals surface area contributed by atoms with Gasteiger partial charge in [0.25, 0.3) is 0 Å². The lowest BCUT2D eigenvalue weighted by Gasteiger charge is -2.11. The molecule has 2 aromatic carbocycles. The first-order valence-corrected chi connectivity index (χ1v) is 7.42. The molecule has 0 atom stereocenters. The topological polar surface area (TPSA) is 64.3 Å². The first-order valence-electron chi connectivity index (χ1n) is 7.42. The summed E-state index contributed by atoms with van der Waals surface area (Å²) in [6.45, 7) is 4.98. The molecule has 0 radical (unpaired) electrons. The van der Waals surface area contributed by atoms with Crippen LogP contribution in [-0.4, -0.2) is 12.6 Å². The largest absolute Gasteiger partial charge is 0.466 e.